The smallest absolute Gasteiger partial charge is 0.211 e. The fourth-order valence-electron chi connectivity index (χ4n) is 2.18. The standard InChI is InChI=1S/C15H19BrN2O2/c1-4-13(12-7-11(16)5-6-14(12)19)18-10(3)15-17-8-9(2)20-15/h5-8,10,13,18-19H,4H2,1-3H3. The molecule has 0 fully saturated rings. The van der Waals surface area contributed by atoms with Crippen LogP contribution in [0.25, 0.3) is 0 Å². The van der Waals surface area contributed by atoms with Crippen LogP contribution in [0.3, 0.4) is 0 Å². The summed E-state index contributed by atoms with van der Waals surface area (Å²) in [6.07, 6.45) is 2.57. The van der Waals surface area contributed by atoms with Gasteiger partial charge in [-0.05, 0) is 38.5 Å². The van der Waals surface area contributed by atoms with Gasteiger partial charge in [0.2, 0.25) is 5.89 Å². The molecule has 0 spiro atoms. The summed E-state index contributed by atoms with van der Waals surface area (Å²) in [5.74, 6) is 1.76. The average molecular weight is 339 g/mol. The van der Waals surface area contributed by atoms with Gasteiger partial charge in [0.15, 0.2) is 0 Å². The van der Waals surface area contributed by atoms with Gasteiger partial charge in [-0.25, -0.2) is 4.98 Å². The van der Waals surface area contributed by atoms with Crippen LogP contribution < -0.4 is 5.32 Å². The van der Waals surface area contributed by atoms with Crippen LogP contribution in [0.15, 0.2) is 33.3 Å². The summed E-state index contributed by atoms with van der Waals surface area (Å²) in [5.41, 5.74) is 0.872. The molecule has 2 unspecified atom stereocenters. The van der Waals surface area contributed by atoms with Crippen LogP contribution in [0.2, 0.25) is 0 Å². The number of aromatic hydroxyl groups is 1. The van der Waals surface area contributed by atoms with E-state index < -0.39 is 0 Å². The molecule has 4 nitrogen and oxygen atoms in total. The Labute approximate surface area is 127 Å². The van der Waals surface area contributed by atoms with Gasteiger partial charge in [0.05, 0.1) is 12.2 Å². The van der Waals surface area contributed by atoms with Crippen molar-refractivity contribution in [3.8, 4) is 5.75 Å². The zero-order valence-corrected chi connectivity index (χ0v) is 13.4. The van der Waals surface area contributed by atoms with E-state index >= 15 is 0 Å². The summed E-state index contributed by atoms with van der Waals surface area (Å²) < 4.78 is 6.48. The quantitative estimate of drug-likeness (QED) is 0.855. The first-order valence-electron chi connectivity index (χ1n) is 6.68. The maximum absolute atomic E-state index is 10.0. The summed E-state index contributed by atoms with van der Waals surface area (Å²) in [6.45, 7) is 5.95. The van der Waals surface area contributed by atoms with Crippen molar-refractivity contribution in [3.63, 3.8) is 0 Å². The summed E-state index contributed by atoms with van der Waals surface area (Å²) in [4.78, 5) is 4.24. The lowest BCUT2D eigenvalue weighted by Crippen LogP contribution is -2.24. The number of aryl methyl sites for hydroxylation is 1. The van der Waals surface area contributed by atoms with Gasteiger partial charge in [0, 0.05) is 16.1 Å². The number of phenolic OH excluding ortho intramolecular Hbond substituents is 1. The fraction of sp³-hybridized carbons (Fsp3) is 0.400. The Morgan fingerprint density at radius 1 is 1.45 bits per heavy atom. The number of nitrogens with one attached hydrogen (secondary N) is 1. The highest BCUT2D eigenvalue weighted by atomic mass is 79.9. The van der Waals surface area contributed by atoms with E-state index in [9.17, 15) is 5.11 Å². The van der Waals surface area contributed by atoms with Crippen molar-refractivity contribution >= 4 is 15.9 Å². The van der Waals surface area contributed by atoms with E-state index in [2.05, 4.69) is 33.2 Å². The van der Waals surface area contributed by atoms with E-state index in [0.717, 1.165) is 22.2 Å². The van der Waals surface area contributed by atoms with E-state index in [0.29, 0.717) is 11.6 Å². The first-order valence-corrected chi connectivity index (χ1v) is 7.47. The number of halogens is 1. The third-order valence-electron chi connectivity index (χ3n) is 3.23. The molecule has 0 amide bonds. The molecule has 0 saturated carbocycles. The van der Waals surface area contributed by atoms with E-state index in [1.165, 1.54) is 0 Å². The van der Waals surface area contributed by atoms with Crippen molar-refractivity contribution in [1.29, 1.82) is 0 Å². The second-order valence-corrected chi connectivity index (χ2v) is 5.78. The number of aromatic nitrogens is 1. The number of phenols is 1. The zero-order valence-electron chi connectivity index (χ0n) is 11.9. The Bertz CT molecular complexity index is 583. The first kappa shape index (κ1) is 15.1. The lowest BCUT2D eigenvalue weighted by molar-refractivity contribution is 0.360. The molecule has 0 saturated heterocycles. The van der Waals surface area contributed by atoms with E-state index in [4.69, 9.17) is 4.42 Å². The van der Waals surface area contributed by atoms with E-state index in [1.807, 2.05) is 26.0 Å². The van der Waals surface area contributed by atoms with Crippen molar-refractivity contribution in [2.45, 2.75) is 39.3 Å². The molecule has 5 heteroatoms. The molecule has 2 N–H and O–H groups in total. The Kier molecular flexibility index (Phi) is 4.83. The van der Waals surface area contributed by atoms with E-state index in [-0.39, 0.29) is 12.1 Å². The van der Waals surface area contributed by atoms with Gasteiger partial charge in [0.1, 0.15) is 11.5 Å². The predicted octanol–water partition coefficient (Wildman–Crippen LogP) is 4.25. The largest absolute Gasteiger partial charge is 0.508 e. The van der Waals surface area contributed by atoms with Crippen molar-refractivity contribution in [2.75, 3.05) is 0 Å². The van der Waals surface area contributed by atoms with Crippen molar-refractivity contribution in [3.05, 3.63) is 46.1 Å². The van der Waals surface area contributed by atoms with E-state index in [1.54, 1.807) is 12.3 Å². The number of oxazole rings is 1. The Hall–Kier alpha value is -1.33. The number of rotatable bonds is 5. The molecule has 0 radical (unpaired) electrons. The number of benzene rings is 1. The third-order valence-corrected chi connectivity index (χ3v) is 3.73. The van der Waals surface area contributed by atoms with Gasteiger partial charge in [-0.15, -0.1) is 0 Å². The van der Waals surface area contributed by atoms with Gasteiger partial charge in [-0.3, -0.25) is 5.32 Å². The Balaban J connectivity index is 2.18. The number of hydrogen-bond acceptors (Lipinski definition) is 4. The maximum atomic E-state index is 10.0. The van der Waals surface area contributed by atoms with Crippen LogP contribution in [0.5, 0.6) is 5.75 Å². The number of nitrogens with zero attached hydrogens (tertiary/aromatic N) is 1. The lowest BCUT2D eigenvalue weighted by Gasteiger charge is -2.22. The molecule has 2 atom stereocenters. The molecule has 108 valence electrons. The lowest BCUT2D eigenvalue weighted by atomic mass is 10.0. The van der Waals surface area contributed by atoms with Crippen LogP contribution in [0.4, 0.5) is 0 Å². The highest BCUT2D eigenvalue weighted by Gasteiger charge is 2.19. The second-order valence-electron chi connectivity index (χ2n) is 4.86. The Morgan fingerprint density at radius 2 is 2.20 bits per heavy atom. The summed E-state index contributed by atoms with van der Waals surface area (Å²) in [7, 11) is 0. The molecule has 2 aromatic rings. The molecular weight excluding hydrogens is 320 g/mol. The van der Waals surface area contributed by atoms with Crippen molar-refractivity contribution < 1.29 is 9.52 Å². The molecule has 2 rings (SSSR count). The minimum absolute atomic E-state index is 0.0213. The minimum atomic E-state index is -0.0213. The van der Waals surface area contributed by atoms with Crippen molar-refractivity contribution in [1.82, 2.24) is 10.3 Å². The fourth-order valence-corrected chi connectivity index (χ4v) is 2.56. The second kappa shape index (κ2) is 6.41. The summed E-state index contributed by atoms with van der Waals surface area (Å²) in [5, 5.41) is 13.5. The van der Waals surface area contributed by atoms with Gasteiger partial charge in [-0.2, -0.15) is 0 Å². The molecule has 1 aromatic heterocycles. The molecule has 1 heterocycles. The highest BCUT2D eigenvalue weighted by molar-refractivity contribution is 9.10. The minimum Gasteiger partial charge on any atom is -0.508 e. The molecule has 1 aromatic carbocycles. The first-order chi connectivity index (χ1) is 9.51. The van der Waals surface area contributed by atoms with Crippen LogP contribution >= 0.6 is 15.9 Å². The Morgan fingerprint density at radius 3 is 2.80 bits per heavy atom. The molecule has 0 aliphatic heterocycles. The third kappa shape index (κ3) is 3.41. The molecule has 0 aliphatic rings. The number of hydrogen-bond donors (Lipinski definition) is 2. The van der Waals surface area contributed by atoms with Crippen molar-refractivity contribution in [2.24, 2.45) is 0 Å². The van der Waals surface area contributed by atoms with Crippen LogP contribution in [0.1, 0.15) is 49.6 Å². The molecule has 0 aliphatic carbocycles. The van der Waals surface area contributed by atoms with Gasteiger partial charge in [-0.1, -0.05) is 22.9 Å². The van der Waals surface area contributed by atoms with Gasteiger partial charge in [0.25, 0.3) is 0 Å². The monoisotopic (exact) mass is 338 g/mol. The van der Waals surface area contributed by atoms with Crippen LogP contribution in [-0.4, -0.2) is 10.1 Å². The summed E-state index contributed by atoms with van der Waals surface area (Å²) in [6, 6.07) is 5.47. The van der Waals surface area contributed by atoms with Crippen LogP contribution in [-0.2, 0) is 0 Å². The summed E-state index contributed by atoms with van der Waals surface area (Å²) >= 11 is 3.44. The van der Waals surface area contributed by atoms with Gasteiger partial charge < -0.3 is 9.52 Å². The maximum Gasteiger partial charge on any atom is 0.211 e. The van der Waals surface area contributed by atoms with Crippen LogP contribution in [0, 0.1) is 6.92 Å². The topological polar surface area (TPSA) is 58.3 Å². The predicted molar refractivity (Wildman–Crippen MR) is 81.6 cm³/mol. The highest BCUT2D eigenvalue weighted by Crippen LogP contribution is 2.31. The average Bonchev–Trinajstić information content (AvgIpc) is 2.85. The van der Waals surface area contributed by atoms with Gasteiger partial charge >= 0.3 is 0 Å². The molecular formula is C15H19BrN2O2. The zero-order chi connectivity index (χ0) is 14.7. The molecule has 20 heavy (non-hydrogen) atoms. The SMILES string of the molecule is CCC(NC(C)c1ncc(C)o1)c1cc(Br)ccc1O. The normalized spacial score (nSPS) is 14.2. The molecule has 0 bridgehead atoms.